The zero-order chi connectivity index (χ0) is 16.2. The Hall–Kier alpha value is -1.85. The number of benzene rings is 1. The highest BCUT2D eigenvalue weighted by Gasteiger charge is 2.14. The summed E-state index contributed by atoms with van der Waals surface area (Å²) in [5.74, 6) is 0.466. The number of anilines is 2. The van der Waals surface area contributed by atoms with Gasteiger partial charge in [0.2, 0.25) is 0 Å². The lowest BCUT2D eigenvalue weighted by molar-refractivity contribution is 0.102. The van der Waals surface area contributed by atoms with Gasteiger partial charge in [0.05, 0.1) is 0 Å². The van der Waals surface area contributed by atoms with Crippen LogP contribution in [0.3, 0.4) is 0 Å². The van der Waals surface area contributed by atoms with Gasteiger partial charge in [0.1, 0.15) is 0 Å². The Morgan fingerprint density at radius 1 is 1.00 bits per heavy atom. The fourth-order valence-corrected chi connectivity index (χ4v) is 3.09. The van der Waals surface area contributed by atoms with Crippen LogP contribution in [0.4, 0.5) is 11.5 Å². The summed E-state index contributed by atoms with van der Waals surface area (Å²) >= 11 is 11.8. The Bertz CT molecular complexity index is 679. The molecule has 0 atom stereocenters. The summed E-state index contributed by atoms with van der Waals surface area (Å²) in [6.45, 7) is 1.97. The second-order valence-electron chi connectivity index (χ2n) is 5.44. The van der Waals surface area contributed by atoms with Crippen LogP contribution in [0.1, 0.15) is 29.8 Å². The lowest BCUT2D eigenvalue weighted by Gasteiger charge is -2.27. The van der Waals surface area contributed by atoms with E-state index in [1.807, 2.05) is 6.07 Å². The minimum atomic E-state index is -0.346. The van der Waals surface area contributed by atoms with Gasteiger partial charge in [-0.15, -0.1) is 10.2 Å². The standard InChI is InChI=1S/C16H16Cl2N4O/c17-11-8-12(18)10-13(9-11)19-16(23)14-4-5-15(21-20-14)22-6-2-1-3-7-22/h4-5,8-10H,1-3,6-7H2,(H,19,23). The van der Waals surface area contributed by atoms with E-state index in [9.17, 15) is 4.79 Å². The third-order valence-electron chi connectivity index (χ3n) is 3.68. The largest absolute Gasteiger partial charge is 0.355 e. The number of hydrogen-bond donors (Lipinski definition) is 1. The van der Waals surface area contributed by atoms with Gasteiger partial charge in [-0.2, -0.15) is 0 Å². The van der Waals surface area contributed by atoms with E-state index in [1.165, 1.54) is 19.3 Å². The van der Waals surface area contributed by atoms with Crippen molar-refractivity contribution in [1.82, 2.24) is 10.2 Å². The molecule has 0 saturated carbocycles. The lowest BCUT2D eigenvalue weighted by atomic mass is 10.1. The number of nitrogens with one attached hydrogen (secondary N) is 1. The van der Waals surface area contributed by atoms with E-state index in [2.05, 4.69) is 20.4 Å². The van der Waals surface area contributed by atoms with Crippen LogP contribution in [0, 0.1) is 0 Å². The van der Waals surface area contributed by atoms with Gasteiger partial charge in [0.15, 0.2) is 11.5 Å². The first kappa shape index (κ1) is 16.0. The van der Waals surface area contributed by atoms with Crippen molar-refractivity contribution < 1.29 is 4.79 Å². The van der Waals surface area contributed by atoms with Crippen molar-refractivity contribution in [2.45, 2.75) is 19.3 Å². The summed E-state index contributed by atoms with van der Waals surface area (Å²) in [4.78, 5) is 14.4. The molecule has 2 heterocycles. The number of aromatic nitrogens is 2. The molecule has 0 radical (unpaired) electrons. The van der Waals surface area contributed by atoms with Gasteiger partial charge >= 0.3 is 0 Å². The van der Waals surface area contributed by atoms with Crippen LogP contribution >= 0.6 is 23.2 Å². The minimum Gasteiger partial charge on any atom is -0.355 e. The van der Waals surface area contributed by atoms with E-state index in [0.29, 0.717) is 15.7 Å². The van der Waals surface area contributed by atoms with Crippen LogP contribution in [0.25, 0.3) is 0 Å². The average molecular weight is 351 g/mol. The van der Waals surface area contributed by atoms with Crippen molar-refractivity contribution >= 4 is 40.6 Å². The fraction of sp³-hybridized carbons (Fsp3) is 0.312. The monoisotopic (exact) mass is 350 g/mol. The van der Waals surface area contributed by atoms with Crippen molar-refractivity contribution in [2.24, 2.45) is 0 Å². The molecule has 1 aliphatic heterocycles. The first-order valence-corrected chi connectivity index (χ1v) is 8.23. The van der Waals surface area contributed by atoms with Gasteiger partial charge in [-0.05, 0) is 49.6 Å². The molecular formula is C16H16Cl2N4O. The Balaban J connectivity index is 1.69. The molecule has 0 unspecified atom stereocenters. The molecule has 1 aliphatic rings. The SMILES string of the molecule is O=C(Nc1cc(Cl)cc(Cl)c1)c1ccc(N2CCCCC2)nn1. The van der Waals surface area contributed by atoms with Gasteiger partial charge < -0.3 is 10.2 Å². The minimum absolute atomic E-state index is 0.252. The Morgan fingerprint density at radius 3 is 2.30 bits per heavy atom. The zero-order valence-corrected chi connectivity index (χ0v) is 13.9. The molecule has 1 fully saturated rings. The van der Waals surface area contributed by atoms with Crippen molar-refractivity contribution in [3.05, 3.63) is 46.1 Å². The quantitative estimate of drug-likeness (QED) is 0.907. The molecule has 120 valence electrons. The summed E-state index contributed by atoms with van der Waals surface area (Å²) in [6, 6.07) is 8.37. The molecule has 2 aromatic rings. The van der Waals surface area contributed by atoms with Crippen molar-refractivity contribution in [2.75, 3.05) is 23.3 Å². The van der Waals surface area contributed by atoms with Gasteiger partial charge in [-0.1, -0.05) is 23.2 Å². The maximum Gasteiger partial charge on any atom is 0.276 e. The van der Waals surface area contributed by atoms with Crippen molar-refractivity contribution in [1.29, 1.82) is 0 Å². The average Bonchev–Trinajstić information content (AvgIpc) is 2.55. The smallest absolute Gasteiger partial charge is 0.276 e. The topological polar surface area (TPSA) is 58.1 Å². The van der Waals surface area contributed by atoms with Crippen molar-refractivity contribution in [3.8, 4) is 0 Å². The summed E-state index contributed by atoms with van der Waals surface area (Å²) in [7, 11) is 0. The number of rotatable bonds is 3. The highest BCUT2D eigenvalue weighted by atomic mass is 35.5. The van der Waals surface area contributed by atoms with Crippen LogP contribution in [0.15, 0.2) is 30.3 Å². The van der Waals surface area contributed by atoms with Crippen LogP contribution in [0.5, 0.6) is 0 Å². The Kier molecular flexibility index (Phi) is 4.98. The van der Waals surface area contributed by atoms with Gasteiger partial charge in [0.25, 0.3) is 5.91 Å². The first-order valence-electron chi connectivity index (χ1n) is 7.48. The highest BCUT2D eigenvalue weighted by molar-refractivity contribution is 6.35. The summed E-state index contributed by atoms with van der Waals surface area (Å²) in [5.41, 5.74) is 0.774. The van der Waals surface area contributed by atoms with Gasteiger partial charge in [0, 0.05) is 28.8 Å². The van der Waals surface area contributed by atoms with E-state index in [-0.39, 0.29) is 11.6 Å². The lowest BCUT2D eigenvalue weighted by Crippen LogP contribution is -2.30. The number of halogens is 2. The number of nitrogens with zero attached hydrogens (tertiary/aromatic N) is 3. The van der Waals surface area contributed by atoms with Crippen LogP contribution in [-0.2, 0) is 0 Å². The maximum absolute atomic E-state index is 12.2. The molecular weight excluding hydrogens is 335 g/mol. The number of hydrogen-bond acceptors (Lipinski definition) is 4. The summed E-state index contributed by atoms with van der Waals surface area (Å²) in [5, 5.41) is 11.8. The molecule has 1 saturated heterocycles. The van der Waals surface area contributed by atoms with Crippen LogP contribution < -0.4 is 10.2 Å². The second kappa shape index (κ2) is 7.15. The highest BCUT2D eigenvalue weighted by Crippen LogP contribution is 2.23. The molecule has 23 heavy (non-hydrogen) atoms. The molecule has 3 rings (SSSR count). The third kappa shape index (κ3) is 4.12. The van der Waals surface area contributed by atoms with E-state index in [1.54, 1.807) is 24.3 Å². The third-order valence-corrected chi connectivity index (χ3v) is 4.12. The fourth-order valence-electron chi connectivity index (χ4n) is 2.56. The molecule has 1 N–H and O–H groups in total. The number of carbonyl (C=O) groups excluding carboxylic acids is 1. The van der Waals surface area contributed by atoms with Crippen LogP contribution in [-0.4, -0.2) is 29.2 Å². The number of piperidine rings is 1. The first-order chi connectivity index (χ1) is 11.1. The Labute approximate surface area is 144 Å². The molecule has 1 aromatic heterocycles. The normalized spacial score (nSPS) is 14.6. The van der Waals surface area contributed by atoms with Crippen LogP contribution in [0.2, 0.25) is 10.0 Å². The predicted molar refractivity (Wildman–Crippen MR) is 92.5 cm³/mol. The molecule has 0 spiro atoms. The summed E-state index contributed by atoms with van der Waals surface area (Å²) < 4.78 is 0. The van der Waals surface area contributed by atoms with Gasteiger partial charge in [-0.25, -0.2) is 0 Å². The number of amides is 1. The van der Waals surface area contributed by atoms with E-state index in [4.69, 9.17) is 23.2 Å². The summed E-state index contributed by atoms with van der Waals surface area (Å²) in [6.07, 6.45) is 3.59. The Morgan fingerprint density at radius 2 is 1.70 bits per heavy atom. The van der Waals surface area contributed by atoms with E-state index < -0.39 is 0 Å². The molecule has 5 nitrogen and oxygen atoms in total. The molecule has 0 aliphatic carbocycles. The molecule has 1 aromatic carbocycles. The second-order valence-corrected chi connectivity index (χ2v) is 6.31. The van der Waals surface area contributed by atoms with E-state index in [0.717, 1.165) is 18.9 Å². The predicted octanol–water partition coefficient (Wildman–Crippen LogP) is 4.03. The van der Waals surface area contributed by atoms with Crippen molar-refractivity contribution in [3.63, 3.8) is 0 Å². The molecule has 1 amide bonds. The molecule has 7 heteroatoms. The maximum atomic E-state index is 12.2. The molecule has 0 bridgehead atoms. The number of carbonyl (C=O) groups is 1. The van der Waals surface area contributed by atoms with E-state index >= 15 is 0 Å². The zero-order valence-electron chi connectivity index (χ0n) is 12.4. The van der Waals surface area contributed by atoms with Gasteiger partial charge in [-0.3, -0.25) is 4.79 Å².